The maximum Gasteiger partial charge on any atom is 0.337 e. The van der Waals surface area contributed by atoms with Crippen molar-refractivity contribution in [2.45, 2.75) is 6.04 Å². The van der Waals surface area contributed by atoms with Crippen LogP contribution in [0.3, 0.4) is 0 Å². The highest BCUT2D eigenvalue weighted by molar-refractivity contribution is 5.94. The number of halogens is 1. The molecule has 0 saturated carbocycles. The lowest BCUT2D eigenvalue weighted by molar-refractivity contribution is -0.138. The molecule has 1 atom stereocenters. The first-order chi connectivity index (χ1) is 7.34. The number of anilines is 1. The van der Waals surface area contributed by atoms with E-state index in [1.807, 2.05) is 0 Å². The quantitative estimate of drug-likeness (QED) is 0.547. The van der Waals surface area contributed by atoms with Gasteiger partial charge < -0.3 is 21.7 Å². The van der Waals surface area contributed by atoms with E-state index in [4.69, 9.17) is 21.7 Å². The highest BCUT2D eigenvalue weighted by Crippen LogP contribution is 2.22. The van der Waals surface area contributed by atoms with Gasteiger partial charge in [-0.3, -0.25) is 4.79 Å². The number of aliphatic carboxylic acids is 1. The maximum atomic E-state index is 13.3. The minimum absolute atomic E-state index is 0.286. The monoisotopic (exact) mass is 228 g/mol. The van der Waals surface area contributed by atoms with Crippen LogP contribution < -0.4 is 11.5 Å². The summed E-state index contributed by atoms with van der Waals surface area (Å²) in [5.74, 6) is -3.78. The van der Waals surface area contributed by atoms with Crippen LogP contribution in [0.1, 0.15) is 22.0 Å². The van der Waals surface area contributed by atoms with Crippen LogP contribution in [0.15, 0.2) is 12.1 Å². The number of carboxylic acids is 2. The summed E-state index contributed by atoms with van der Waals surface area (Å²) in [5, 5.41) is 17.3. The van der Waals surface area contributed by atoms with Crippen LogP contribution >= 0.6 is 0 Å². The van der Waals surface area contributed by atoms with Crippen molar-refractivity contribution >= 4 is 17.6 Å². The SMILES string of the molecule is Nc1cc(F)c([C@H](N)C(=O)O)cc1C(=O)O. The second-order valence-electron chi connectivity index (χ2n) is 3.08. The summed E-state index contributed by atoms with van der Waals surface area (Å²) >= 11 is 0. The number of carboxylic acid groups (broad SMARTS) is 2. The second-order valence-corrected chi connectivity index (χ2v) is 3.08. The lowest BCUT2D eigenvalue weighted by Gasteiger charge is -2.10. The van der Waals surface area contributed by atoms with Gasteiger partial charge >= 0.3 is 11.9 Å². The molecule has 0 heterocycles. The predicted molar refractivity (Wildman–Crippen MR) is 52.3 cm³/mol. The van der Waals surface area contributed by atoms with Crippen LogP contribution in [-0.4, -0.2) is 22.2 Å². The normalized spacial score (nSPS) is 12.1. The van der Waals surface area contributed by atoms with Crippen LogP contribution in [0.4, 0.5) is 10.1 Å². The van der Waals surface area contributed by atoms with E-state index in [0.29, 0.717) is 0 Å². The second kappa shape index (κ2) is 4.15. The molecule has 0 aliphatic carbocycles. The maximum absolute atomic E-state index is 13.3. The van der Waals surface area contributed by atoms with Gasteiger partial charge in [-0.2, -0.15) is 0 Å². The molecule has 1 rings (SSSR count). The minimum atomic E-state index is -1.63. The molecule has 0 bridgehead atoms. The van der Waals surface area contributed by atoms with Crippen molar-refractivity contribution in [3.63, 3.8) is 0 Å². The van der Waals surface area contributed by atoms with E-state index in [2.05, 4.69) is 0 Å². The number of aromatic carboxylic acids is 1. The van der Waals surface area contributed by atoms with E-state index in [-0.39, 0.29) is 11.3 Å². The molecule has 16 heavy (non-hydrogen) atoms. The predicted octanol–water partition coefficient (Wildman–Crippen LogP) is 0.190. The number of hydrogen-bond acceptors (Lipinski definition) is 4. The van der Waals surface area contributed by atoms with E-state index in [9.17, 15) is 14.0 Å². The Bertz CT molecular complexity index is 461. The Balaban J connectivity index is 3.35. The fourth-order valence-electron chi connectivity index (χ4n) is 1.16. The van der Waals surface area contributed by atoms with E-state index in [1.54, 1.807) is 0 Å². The number of rotatable bonds is 3. The van der Waals surface area contributed by atoms with Gasteiger partial charge in [0.2, 0.25) is 0 Å². The molecule has 0 aliphatic heterocycles. The van der Waals surface area contributed by atoms with Crippen LogP contribution in [0.2, 0.25) is 0 Å². The van der Waals surface area contributed by atoms with Crippen molar-refractivity contribution in [3.05, 3.63) is 29.1 Å². The minimum Gasteiger partial charge on any atom is -0.480 e. The molecule has 7 heteroatoms. The Hall–Kier alpha value is -2.15. The van der Waals surface area contributed by atoms with Crippen LogP contribution in [0.25, 0.3) is 0 Å². The van der Waals surface area contributed by atoms with E-state index < -0.39 is 29.4 Å². The molecule has 0 amide bonds. The zero-order valence-electron chi connectivity index (χ0n) is 7.98. The highest BCUT2D eigenvalue weighted by atomic mass is 19.1. The topological polar surface area (TPSA) is 127 Å². The van der Waals surface area contributed by atoms with Gasteiger partial charge in [-0.05, 0) is 12.1 Å². The van der Waals surface area contributed by atoms with Gasteiger partial charge in [-0.1, -0.05) is 0 Å². The third kappa shape index (κ3) is 2.09. The van der Waals surface area contributed by atoms with Gasteiger partial charge in [0.15, 0.2) is 0 Å². The van der Waals surface area contributed by atoms with E-state index >= 15 is 0 Å². The van der Waals surface area contributed by atoms with Gasteiger partial charge in [0.25, 0.3) is 0 Å². The zero-order valence-corrected chi connectivity index (χ0v) is 7.98. The Labute approximate surface area is 89.3 Å². The van der Waals surface area contributed by atoms with Crippen LogP contribution in [0.5, 0.6) is 0 Å². The summed E-state index contributed by atoms with van der Waals surface area (Å²) < 4.78 is 13.3. The number of benzene rings is 1. The molecule has 6 nitrogen and oxygen atoms in total. The molecule has 0 fully saturated rings. The van der Waals surface area contributed by atoms with Gasteiger partial charge in [0.1, 0.15) is 11.9 Å². The third-order valence-electron chi connectivity index (χ3n) is 2.00. The number of nitrogen functional groups attached to an aromatic ring is 1. The smallest absolute Gasteiger partial charge is 0.337 e. The molecule has 6 N–H and O–H groups in total. The Morgan fingerprint density at radius 1 is 1.31 bits per heavy atom. The first-order valence-electron chi connectivity index (χ1n) is 4.15. The van der Waals surface area contributed by atoms with Gasteiger partial charge in [-0.15, -0.1) is 0 Å². The fraction of sp³-hybridized carbons (Fsp3) is 0.111. The molecule has 0 radical (unpaired) electrons. The molecule has 1 aromatic carbocycles. The fourth-order valence-corrected chi connectivity index (χ4v) is 1.16. The largest absolute Gasteiger partial charge is 0.480 e. The van der Waals surface area contributed by atoms with Crippen molar-refractivity contribution in [1.82, 2.24) is 0 Å². The van der Waals surface area contributed by atoms with E-state index in [1.165, 1.54) is 0 Å². The Morgan fingerprint density at radius 2 is 1.88 bits per heavy atom. The van der Waals surface area contributed by atoms with Crippen molar-refractivity contribution in [3.8, 4) is 0 Å². The molecular formula is C9H9FN2O4. The zero-order chi connectivity index (χ0) is 12.5. The Morgan fingerprint density at radius 3 is 2.31 bits per heavy atom. The van der Waals surface area contributed by atoms with Crippen molar-refractivity contribution in [1.29, 1.82) is 0 Å². The molecule has 0 spiro atoms. The standard InChI is InChI=1S/C9H9FN2O4/c10-5-2-6(11)4(8(13)14)1-3(5)7(12)9(15)16/h1-2,7H,11-12H2,(H,13,14)(H,15,16)/t7-/m0/s1. The van der Waals surface area contributed by atoms with Gasteiger partial charge in [0, 0.05) is 11.3 Å². The highest BCUT2D eigenvalue weighted by Gasteiger charge is 2.22. The summed E-state index contributed by atoms with van der Waals surface area (Å²) in [6.45, 7) is 0. The van der Waals surface area contributed by atoms with Crippen LogP contribution in [0, 0.1) is 5.82 Å². The molecule has 0 unspecified atom stereocenters. The van der Waals surface area contributed by atoms with Crippen molar-refractivity contribution in [2.24, 2.45) is 5.73 Å². The molecule has 0 saturated heterocycles. The molecule has 1 aromatic rings. The summed E-state index contributed by atoms with van der Waals surface area (Å²) in [6.07, 6.45) is 0. The third-order valence-corrected chi connectivity index (χ3v) is 2.00. The molecule has 86 valence electrons. The summed E-state index contributed by atoms with van der Waals surface area (Å²) in [4.78, 5) is 21.2. The summed E-state index contributed by atoms with van der Waals surface area (Å²) in [6, 6.07) is -0.0633. The summed E-state index contributed by atoms with van der Waals surface area (Å²) in [7, 11) is 0. The first-order valence-corrected chi connectivity index (χ1v) is 4.15. The molecule has 0 aromatic heterocycles. The van der Waals surface area contributed by atoms with Crippen molar-refractivity contribution in [2.75, 3.05) is 5.73 Å². The number of nitrogens with two attached hydrogens (primary N) is 2. The van der Waals surface area contributed by atoms with E-state index in [0.717, 1.165) is 12.1 Å². The molecular weight excluding hydrogens is 219 g/mol. The number of carbonyl (C=O) groups is 2. The lowest BCUT2D eigenvalue weighted by atomic mass is 10.0. The average Bonchev–Trinajstić information content (AvgIpc) is 2.16. The van der Waals surface area contributed by atoms with Gasteiger partial charge in [0.05, 0.1) is 5.56 Å². The summed E-state index contributed by atoms with van der Waals surface area (Å²) in [5.41, 5.74) is 9.36. The average molecular weight is 228 g/mol. The number of hydrogen-bond donors (Lipinski definition) is 4. The molecule has 0 aliphatic rings. The Kier molecular flexibility index (Phi) is 3.09. The van der Waals surface area contributed by atoms with Crippen LogP contribution in [-0.2, 0) is 4.79 Å². The first kappa shape index (κ1) is 11.9. The van der Waals surface area contributed by atoms with Crippen molar-refractivity contribution < 1.29 is 24.2 Å². The lowest BCUT2D eigenvalue weighted by Crippen LogP contribution is -2.22. The van der Waals surface area contributed by atoms with Gasteiger partial charge in [-0.25, -0.2) is 9.18 Å².